The molecule has 30 heavy (non-hydrogen) atoms. The number of carbonyl (C=O) groups excluding carboxylic acids is 1. The topological polar surface area (TPSA) is 97.9 Å². The van der Waals surface area contributed by atoms with E-state index in [1.165, 1.54) is 12.3 Å². The first-order valence-corrected chi connectivity index (χ1v) is 9.97. The number of alkyl halides is 1. The van der Waals surface area contributed by atoms with Gasteiger partial charge in [0.1, 0.15) is 24.9 Å². The van der Waals surface area contributed by atoms with Crippen molar-refractivity contribution < 1.29 is 24.1 Å². The number of hydrogen-bond acceptors (Lipinski definition) is 6. The van der Waals surface area contributed by atoms with Crippen LogP contribution in [0.2, 0.25) is 0 Å². The van der Waals surface area contributed by atoms with E-state index in [4.69, 9.17) is 25.8 Å². The molecule has 0 saturated heterocycles. The fourth-order valence-electron chi connectivity index (χ4n) is 2.78. The summed E-state index contributed by atoms with van der Waals surface area (Å²) in [5, 5.41) is 9.97. The minimum atomic E-state index is -0.881. The Hall–Kier alpha value is -3.03. The lowest BCUT2D eigenvalue weighted by Gasteiger charge is -2.16. The lowest BCUT2D eigenvalue weighted by Crippen LogP contribution is -2.20. The summed E-state index contributed by atoms with van der Waals surface area (Å²) in [5.41, 5.74) is 0.838. The minimum Gasteiger partial charge on any atom is -0.487 e. The number of nitrogens with one attached hydrogen (secondary N) is 1. The van der Waals surface area contributed by atoms with Crippen LogP contribution in [0.3, 0.4) is 0 Å². The highest BCUT2D eigenvalue weighted by molar-refractivity contribution is 6.18. The average molecular weight is 432 g/mol. The van der Waals surface area contributed by atoms with Crippen molar-refractivity contribution in [3.8, 4) is 11.5 Å². The Bertz CT molecular complexity index is 1070. The third-order valence-corrected chi connectivity index (χ3v) is 4.64. The molecule has 3 aromatic rings. The SMILES string of the molecule is CCOC(=O)c1c[nH]c2cc(OCc3ccccc3)c(OCC(O)CCl)cc2c1=O. The van der Waals surface area contributed by atoms with Crippen LogP contribution >= 0.6 is 11.6 Å². The molecule has 1 heterocycles. The van der Waals surface area contributed by atoms with Crippen molar-refractivity contribution in [2.24, 2.45) is 0 Å². The van der Waals surface area contributed by atoms with Crippen LogP contribution in [-0.2, 0) is 11.3 Å². The Morgan fingerprint density at radius 3 is 2.60 bits per heavy atom. The van der Waals surface area contributed by atoms with Crippen LogP contribution in [0.15, 0.2) is 53.5 Å². The monoisotopic (exact) mass is 431 g/mol. The van der Waals surface area contributed by atoms with Crippen LogP contribution in [0.5, 0.6) is 11.5 Å². The molecule has 0 aliphatic rings. The molecule has 0 radical (unpaired) electrons. The van der Waals surface area contributed by atoms with Gasteiger partial charge in [0.2, 0.25) is 5.43 Å². The second kappa shape index (κ2) is 10.1. The van der Waals surface area contributed by atoms with E-state index >= 15 is 0 Å². The van der Waals surface area contributed by atoms with Crippen molar-refractivity contribution in [3.05, 3.63) is 70.0 Å². The number of ether oxygens (including phenoxy) is 3. The molecular weight excluding hydrogens is 410 g/mol. The second-order valence-corrected chi connectivity index (χ2v) is 6.80. The van der Waals surface area contributed by atoms with E-state index < -0.39 is 17.5 Å². The molecule has 8 heteroatoms. The van der Waals surface area contributed by atoms with Gasteiger partial charge in [-0.05, 0) is 18.6 Å². The molecule has 0 amide bonds. The van der Waals surface area contributed by atoms with E-state index in [0.29, 0.717) is 11.3 Å². The van der Waals surface area contributed by atoms with Gasteiger partial charge in [-0.2, -0.15) is 0 Å². The predicted octanol–water partition coefficient (Wildman–Crippen LogP) is 3.26. The highest BCUT2D eigenvalue weighted by atomic mass is 35.5. The normalized spacial score (nSPS) is 11.8. The second-order valence-electron chi connectivity index (χ2n) is 6.49. The number of rotatable bonds is 9. The molecule has 0 fully saturated rings. The van der Waals surface area contributed by atoms with Crippen molar-refractivity contribution in [2.75, 3.05) is 19.1 Å². The molecule has 0 aliphatic carbocycles. The van der Waals surface area contributed by atoms with E-state index in [9.17, 15) is 14.7 Å². The molecule has 2 aromatic carbocycles. The van der Waals surface area contributed by atoms with E-state index in [1.54, 1.807) is 13.0 Å². The van der Waals surface area contributed by atoms with Crippen LogP contribution in [0.4, 0.5) is 0 Å². The maximum atomic E-state index is 12.8. The van der Waals surface area contributed by atoms with E-state index in [0.717, 1.165) is 5.56 Å². The first-order valence-electron chi connectivity index (χ1n) is 9.43. The summed E-state index contributed by atoms with van der Waals surface area (Å²) in [6, 6.07) is 12.7. The fourth-order valence-corrected chi connectivity index (χ4v) is 2.87. The minimum absolute atomic E-state index is 0.00137. The quantitative estimate of drug-likeness (QED) is 0.398. The van der Waals surface area contributed by atoms with Gasteiger partial charge in [0.25, 0.3) is 0 Å². The zero-order valence-corrected chi connectivity index (χ0v) is 17.1. The first-order chi connectivity index (χ1) is 14.5. The van der Waals surface area contributed by atoms with Crippen molar-refractivity contribution >= 4 is 28.5 Å². The molecule has 0 aliphatic heterocycles. The molecule has 2 N–H and O–H groups in total. The third-order valence-electron chi connectivity index (χ3n) is 4.29. The Morgan fingerprint density at radius 2 is 1.90 bits per heavy atom. The van der Waals surface area contributed by atoms with E-state index in [-0.39, 0.29) is 42.4 Å². The predicted molar refractivity (Wildman–Crippen MR) is 114 cm³/mol. The summed E-state index contributed by atoms with van der Waals surface area (Å²) in [6.07, 6.45) is 0.440. The number of H-pyrrole nitrogens is 1. The molecular formula is C22H22ClNO6. The van der Waals surface area contributed by atoms with Crippen molar-refractivity contribution in [2.45, 2.75) is 19.6 Å². The Balaban J connectivity index is 1.99. The van der Waals surface area contributed by atoms with E-state index in [2.05, 4.69) is 4.98 Å². The van der Waals surface area contributed by atoms with Gasteiger partial charge in [0.15, 0.2) is 11.5 Å². The van der Waals surface area contributed by atoms with E-state index in [1.807, 2.05) is 30.3 Å². The summed E-state index contributed by atoms with van der Waals surface area (Å²) in [7, 11) is 0. The number of benzene rings is 2. The number of aliphatic hydroxyl groups is 1. The van der Waals surface area contributed by atoms with Crippen molar-refractivity contribution in [3.63, 3.8) is 0 Å². The number of aromatic nitrogens is 1. The number of carbonyl (C=O) groups is 1. The number of fused-ring (bicyclic) bond motifs is 1. The number of aliphatic hydroxyl groups excluding tert-OH is 1. The molecule has 7 nitrogen and oxygen atoms in total. The maximum Gasteiger partial charge on any atom is 0.343 e. The number of aromatic amines is 1. The largest absolute Gasteiger partial charge is 0.487 e. The average Bonchev–Trinajstić information content (AvgIpc) is 2.77. The standard InChI is InChI=1S/C22H22ClNO6/c1-2-28-22(27)17-11-24-18-9-20(29-12-14-6-4-3-5-7-14)19(8-16(18)21(17)26)30-13-15(25)10-23/h3-9,11,15,25H,2,10,12-13H2,1H3,(H,24,26). The van der Waals surface area contributed by atoms with Gasteiger partial charge in [-0.1, -0.05) is 30.3 Å². The molecule has 0 spiro atoms. The molecule has 158 valence electrons. The Kier molecular flexibility index (Phi) is 7.32. The summed E-state index contributed by atoms with van der Waals surface area (Å²) < 4.78 is 16.5. The van der Waals surface area contributed by atoms with Gasteiger partial charge in [-0.15, -0.1) is 11.6 Å². The molecule has 0 saturated carbocycles. The summed E-state index contributed by atoms with van der Waals surface area (Å²) in [5.74, 6) is -0.0617. The fraction of sp³-hybridized carbons (Fsp3) is 0.273. The van der Waals surface area contributed by atoms with Crippen LogP contribution in [0.25, 0.3) is 10.9 Å². The third kappa shape index (κ3) is 5.11. The Morgan fingerprint density at radius 1 is 1.17 bits per heavy atom. The molecule has 0 bridgehead atoms. The number of halogens is 1. The van der Waals surface area contributed by atoms with Crippen LogP contribution in [0, 0.1) is 0 Å². The van der Waals surface area contributed by atoms with Gasteiger partial charge in [-0.3, -0.25) is 4.79 Å². The zero-order valence-electron chi connectivity index (χ0n) is 16.4. The summed E-state index contributed by atoms with van der Waals surface area (Å²) in [6.45, 7) is 2.03. The first kappa shape index (κ1) is 21.7. The van der Waals surface area contributed by atoms with Crippen LogP contribution in [0.1, 0.15) is 22.8 Å². The van der Waals surface area contributed by atoms with Crippen LogP contribution in [-0.4, -0.2) is 41.3 Å². The number of esters is 1. The highest BCUT2D eigenvalue weighted by Gasteiger charge is 2.17. The molecule has 1 aromatic heterocycles. The van der Waals surface area contributed by atoms with Crippen molar-refractivity contribution in [1.82, 2.24) is 4.98 Å². The van der Waals surface area contributed by atoms with Gasteiger partial charge >= 0.3 is 5.97 Å². The summed E-state index contributed by atoms with van der Waals surface area (Å²) in [4.78, 5) is 27.8. The lowest BCUT2D eigenvalue weighted by atomic mass is 10.1. The molecule has 3 rings (SSSR count). The maximum absolute atomic E-state index is 12.8. The van der Waals surface area contributed by atoms with Crippen molar-refractivity contribution in [1.29, 1.82) is 0 Å². The number of pyridine rings is 1. The van der Waals surface area contributed by atoms with Gasteiger partial charge < -0.3 is 24.3 Å². The Labute approximate surface area is 178 Å². The van der Waals surface area contributed by atoms with Crippen LogP contribution < -0.4 is 14.9 Å². The smallest absolute Gasteiger partial charge is 0.343 e. The van der Waals surface area contributed by atoms with Gasteiger partial charge in [0, 0.05) is 12.3 Å². The molecule has 1 unspecified atom stereocenters. The number of hydrogen-bond donors (Lipinski definition) is 2. The van der Waals surface area contributed by atoms with Gasteiger partial charge in [0.05, 0.1) is 23.4 Å². The highest BCUT2D eigenvalue weighted by Crippen LogP contribution is 2.32. The molecule has 1 atom stereocenters. The lowest BCUT2D eigenvalue weighted by molar-refractivity contribution is 0.0524. The zero-order chi connectivity index (χ0) is 21.5. The van der Waals surface area contributed by atoms with Gasteiger partial charge in [-0.25, -0.2) is 4.79 Å². The summed E-state index contributed by atoms with van der Waals surface area (Å²) >= 11 is 5.64.